The van der Waals surface area contributed by atoms with Crippen LogP contribution < -0.4 is 4.74 Å². The molecule has 0 amide bonds. The van der Waals surface area contributed by atoms with Crippen molar-refractivity contribution in [3.8, 4) is 5.75 Å². The topological polar surface area (TPSA) is 45.3 Å². The van der Waals surface area contributed by atoms with Crippen LogP contribution in [0.4, 0.5) is 4.39 Å². The Labute approximate surface area is 146 Å². The van der Waals surface area contributed by atoms with Crippen LogP contribution in [0.3, 0.4) is 0 Å². The van der Waals surface area contributed by atoms with E-state index in [1.54, 1.807) is 12.1 Å². The predicted molar refractivity (Wildman–Crippen MR) is 96.7 cm³/mol. The molecule has 0 aliphatic carbocycles. The highest BCUT2D eigenvalue weighted by Gasteiger charge is 2.17. The number of ether oxygens (including phenoxy) is 1. The number of aromatic nitrogens is 1. The normalized spacial score (nSPS) is 11.2. The van der Waals surface area contributed by atoms with Crippen molar-refractivity contribution in [1.82, 2.24) is 9.88 Å². The molecule has 0 saturated heterocycles. The lowest BCUT2D eigenvalue weighted by Crippen LogP contribution is -2.26. The third-order valence-electron chi connectivity index (χ3n) is 4.25. The molecule has 0 spiro atoms. The number of Topliss-reactive ketones (excluding diaryl/α,β-unsaturated/α-hetero) is 1. The maximum absolute atomic E-state index is 13.8. The number of likely N-dealkylation sites (N-methyl/N-ethyl adjacent to an activating group) is 1. The molecule has 0 aliphatic rings. The highest BCUT2D eigenvalue weighted by Crippen LogP contribution is 2.23. The third kappa shape index (κ3) is 3.56. The molecule has 25 heavy (non-hydrogen) atoms. The number of hydrogen-bond donors (Lipinski definition) is 1. The Hall–Kier alpha value is -2.66. The van der Waals surface area contributed by atoms with E-state index in [0.717, 1.165) is 27.7 Å². The van der Waals surface area contributed by atoms with Crippen LogP contribution in [0.15, 0.2) is 42.5 Å². The molecule has 4 nitrogen and oxygen atoms in total. The van der Waals surface area contributed by atoms with E-state index < -0.39 is 5.82 Å². The number of aromatic amines is 1. The fourth-order valence-electron chi connectivity index (χ4n) is 3.14. The molecule has 3 aromatic rings. The summed E-state index contributed by atoms with van der Waals surface area (Å²) in [5.41, 5.74) is 3.35. The Bertz CT molecular complexity index is 917. The zero-order valence-corrected chi connectivity index (χ0v) is 14.6. The summed E-state index contributed by atoms with van der Waals surface area (Å²) < 4.78 is 18.7. The molecule has 2 aromatic carbocycles. The molecule has 0 atom stereocenters. The lowest BCUT2D eigenvalue weighted by atomic mass is 10.1. The van der Waals surface area contributed by atoms with Crippen molar-refractivity contribution in [2.45, 2.75) is 13.5 Å². The Morgan fingerprint density at radius 3 is 2.72 bits per heavy atom. The van der Waals surface area contributed by atoms with Gasteiger partial charge in [-0.15, -0.1) is 0 Å². The molecule has 1 heterocycles. The summed E-state index contributed by atoms with van der Waals surface area (Å²) in [6, 6.07) is 12.6. The number of hydrogen-bond acceptors (Lipinski definition) is 3. The fourth-order valence-corrected chi connectivity index (χ4v) is 3.14. The summed E-state index contributed by atoms with van der Waals surface area (Å²) in [4.78, 5) is 17.9. The van der Waals surface area contributed by atoms with Crippen molar-refractivity contribution < 1.29 is 13.9 Å². The van der Waals surface area contributed by atoms with Gasteiger partial charge in [0.1, 0.15) is 0 Å². The molecule has 1 aromatic heterocycles. The van der Waals surface area contributed by atoms with E-state index in [0.29, 0.717) is 6.54 Å². The van der Waals surface area contributed by atoms with Gasteiger partial charge in [0.25, 0.3) is 0 Å². The summed E-state index contributed by atoms with van der Waals surface area (Å²) in [6.45, 7) is 2.65. The van der Waals surface area contributed by atoms with Gasteiger partial charge in [-0.25, -0.2) is 4.39 Å². The van der Waals surface area contributed by atoms with E-state index >= 15 is 0 Å². The number of aryl methyl sites for hydroxylation is 1. The number of carbonyl (C=O) groups excluding carboxylic acids is 1. The molecular formula is C20H21FN2O2. The molecule has 130 valence electrons. The van der Waals surface area contributed by atoms with Gasteiger partial charge >= 0.3 is 0 Å². The van der Waals surface area contributed by atoms with Crippen molar-refractivity contribution >= 4 is 16.7 Å². The molecule has 1 N–H and O–H groups in total. The number of H-pyrrole nitrogens is 1. The van der Waals surface area contributed by atoms with Gasteiger partial charge in [0.05, 0.1) is 13.7 Å². The summed E-state index contributed by atoms with van der Waals surface area (Å²) in [6.07, 6.45) is 0. The molecule has 3 rings (SSSR count). The molecule has 0 aliphatic heterocycles. The van der Waals surface area contributed by atoms with Crippen LogP contribution in [0.5, 0.6) is 5.75 Å². The zero-order chi connectivity index (χ0) is 18.0. The number of benzene rings is 2. The summed E-state index contributed by atoms with van der Waals surface area (Å²) in [5, 5.41) is 0.939. The second-order valence-electron chi connectivity index (χ2n) is 6.23. The molecular weight excluding hydrogens is 319 g/mol. The number of methoxy groups -OCH3 is 1. The summed E-state index contributed by atoms with van der Waals surface area (Å²) in [7, 11) is 3.29. The van der Waals surface area contributed by atoms with E-state index in [2.05, 4.69) is 4.98 Å². The molecule has 0 saturated carbocycles. The van der Waals surface area contributed by atoms with E-state index in [1.165, 1.54) is 13.2 Å². The molecule has 0 fully saturated rings. The van der Waals surface area contributed by atoms with E-state index in [4.69, 9.17) is 4.74 Å². The number of ketones is 1. The number of halogens is 1. The predicted octanol–water partition coefficient (Wildman–Crippen LogP) is 3.94. The van der Waals surface area contributed by atoms with Crippen LogP contribution in [0, 0.1) is 12.7 Å². The maximum atomic E-state index is 13.8. The van der Waals surface area contributed by atoms with Crippen molar-refractivity contribution in [2.75, 3.05) is 20.7 Å². The van der Waals surface area contributed by atoms with Crippen LogP contribution >= 0.6 is 0 Å². The van der Waals surface area contributed by atoms with Gasteiger partial charge in [-0.05, 0) is 37.7 Å². The number of rotatable bonds is 6. The van der Waals surface area contributed by atoms with Crippen LogP contribution in [-0.4, -0.2) is 36.4 Å². The van der Waals surface area contributed by atoms with Crippen molar-refractivity contribution in [2.24, 2.45) is 0 Å². The molecule has 0 bridgehead atoms. The minimum Gasteiger partial charge on any atom is -0.494 e. The third-order valence-corrected chi connectivity index (χ3v) is 4.25. The Morgan fingerprint density at radius 1 is 1.24 bits per heavy atom. The van der Waals surface area contributed by atoms with Gasteiger partial charge in [-0.2, -0.15) is 0 Å². The Morgan fingerprint density at radius 2 is 2.00 bits per heavy atom. The maximum Gasteiger partial charge on any atom is 0.179 e. The van der Waals surface area contributed by atoms with Crippen LogP contribution in [0.2, 0.25) is 0 Å². The first-order valence-corrected chi connectivity index (χ1v) is 8.11. The van der Waals surface area contributed by atoms with Gasteiger partial charge in [0, 0.05) is 28.7 Å². The molecule has 5 heteroatoms. The average Bonchev–Trinajstić information content (AvgIpc) is 2.90. The first-order valence-electron chi connectivity index (χ1n) is 8.11. The number of fused-ring (bicyclic) bond motifs is 1. The van der Waals surface area contributed by atoms with E-state index in [-0.39, 0.29) is 18.1 Å². The number of para-hydroxylation sites is 1. The van der Waals surface area contributed by atoms with Crippen LogP contribution in [0.1, 0.15) is 21.6 Å². The van der Waals surface area contributed by atoms with Gasteiger partial charge in [0.2, 0.25) is 0 Å². The lowest BCUT2D eigenvalue weighted by molar-refractivity contribution is 0.0944. The van der Waals surface area contributed by atoms with Crippen molar-refractivity contribution in [1.29, 1.82) is 0 Å². The molecule has 0 radical (unpaired) electrons. The van der Waals surface area contributed by atoms with Gasteiger partial charge in [0.15, 0.2) is 17.3 Å². The smallest absolute Gasteiger partial charge is 0.179 e. The average molecular weight is 340 g/mol. The minimum atomic E-state index is -0.396. The lowest BCUT2D eigenvalue weighted by Gasteiger charge is -2.16. The first kappa shape index (κ1) is 17.2. The van der Waals surface area contributed by atoms with Crippen molar-refractivity contribution in [3.05, 3.63) is 65.1 Å². The SMILES string of the molecule is COc1ccc(CN(C)CC(=O)c2c(C)[nH]c3ccccc23)cc1F. The van der Waals surface area contributed by atoms with Gasteiger partial charge in [-0.1, -0.05) is 24.3 Å². The van der Waals surface area contributed by atoms with Gasteiger partial charge < -0.3 is 9.72 Å². The highest BCUT2D eigenvalue weighted by atomic mass is 19.1. The fraction of sp³-hybridized carbons (Fsp3) is 0.250. The molecule has 0 unspecified atom stereocenters. The van der Waals surface area contributed by atoms with E-state index in [9.17, 15) is 9.18 Å². The number of nitrogens with one attached hydrogen (secondary N) is 1. The Kier molecular flexibility index (Phi) is 4.86. The second kappa shape index (κ2) is 7.07. The number of carbonyl (C=O) groups is 1. The minimum absolute atomic E-state index is 0.0476. The first-order chi connectivity index (χ1) is 12.0. The largest absolute Gasteiger partial charge is 0.494 e. The summed E-state index contributed by atoms with van der Waals surface area (Å²) >= 11 is 0. The van der Waals surface area contributed by atoms with E-state index in [1.807, 2.05) is 43.1 Å². The van der Waals surface area contributed by atoms with Gasteiger partial charge in [-0.3, -0.25) is 9.69 Å². The Balaban J connectivity index is 1.74. The zero-order valence-electron chi connectivity index (χ0n) is 14.6. The monoisotopic (exact) mass is 340 g/mol. The van der Waals surface area contributed by atoms with Crippen molar-refractivity contribution in [3.63, 3.8) is 0 Å². The second-order valence-corrected chi connectivity index (χ2v) is 6.23. The quantitative estimate of drug-likeness (QED) is 0.691. The van der Waals surface area contributed by atoms with Crippen LogP contribution in [0.25, 0.3) is 10.9 Å². The number of nitrogens with zero attached hydrogens (tertiary/aromatic N) is 1. The standard InChI is InChI=1S/C20H21FN2O2/c1-13-20(15-6-4-5-7-17(15)22-13)18(24)12-23(2)11-14-8-9-19(25-3)16(21)10-14/h4-10,22H,11-12H2,1-3H3. The summed E-state index contributed by atoms with van der Waals surface area (Å²) in [5.74, 6) is -0.129. The highest BCUT2D eigenvalue weighted by molar-refractivity contribution is 6.10. The van der Waals surface area contributed by atoms with Crippen LogP contribution in [-0.2, 0) is 6.54 Å².